The molecule has 2 atom stereocenters. The molecule has 4 heteroatoms. The minimum absolute atomic E-state index is 0.338. The van der Waals surface area contributed by atoms with Crippen molar-refractivity contribution in [3.05, 3.63) is 34.1 Å². The van der Waals surface area contributed by atoms with Crippen molar-refractivity contribution in [2.75, 3.05) is 0 Å². The third kappa shape index (κ3) is 2.49. The molecule has 2 unspecified atom stereocenters. The van der Waals surface area contributed by atoms with Crippen LogP contribution in [0.1, 0.15) is 18.6 Å². The molecule has 0 bridgehead atoms. The van der Waals surface area contributed by atoms with Gasteiger partial charge in [0.25, 0.3) is 0 Å². The van der Waals surface area contributed by atoms with Crippen LogP contribution in [0.25, 0.3) is 0 Å². The second-order valence-corrected chi connectivity index (χ2v) is 3.83. The van der Waals surface area contributed by atoms with Crippen molar-refractivity contribution in [3.63, 3.8) is 0 Å². The Morgan fingerprint density at radius 2 is 2.15 bits per heavy atom. The minimum atomic E-state index is -0.753. The van der Waals surface area contributed by atoms with Crippen LogP contribution in [0.5, 0.6) is 0 Å². The van der Waals surface area contributed by atoms with Crippen molar-refractivity contribution in [2.24, 2.45) is 5.73 Å². The summed E-state index contributed by atoms with van der Waals surface area (Å²) in [6.45, 7) is 1.70. The van der Waals surface area contributed by atoms with Crippen LogP contribution in [0, 0.1) is 5.82 Å². The van der Waals surface area contributed by atoms with E-state index in [4.69, 9.17) is 5.73 Å². The largest absolute Gasteiger partial charge is 0.387 e. The Kier molecular flexibility index (Phi) is 3.41. The van der Waals surface area contributed by atoms with Crippen LogP contribution in [0.3, 0.4) is 0 Å². The zero-order valence-corrected chi connectivity index (χ0v) is 8.75. The van der Waals surface area contributed by atoms with E-state index in [2.05, 4.69) is 15.9 Å². The Hall–Kier alpha value is -0.450. The summed E-state index contributed by atoms with van der Waals surface area (Å²) in [5.74, 6) is -0.347. The van der Waals surface area contributed by atoms with Gasteiger partial charge in [-0.2, -0.15) is 0 Å². The van der Waals surface area contributed by atoms with Crippen molar-refractivity contribution in [1.29, 1.82) is 0 Å². The van der Waals surface area contributed by atoms with Gasteiger partial charge in [0, 0.05) is 6.04 Å². The van der Waals surface area contributed by atoms with Gasteiger partial charge >= 0.3 is 0 Å². The summed E-state index contributed by atoms with van der Waals surface area (Å²) in [6.07, 6.45) is -0.753. The van der Waals surface area contributed by atoms with Gasteiger partial charge in [-0.15, -0.1) is 0 Å². The molecule has 0 aliphatic heterocycles. The van der Waals surface area contributed by atoms with Gasteiger partial charge in [-0.05, 0) is 40.5 Å². The molecule has 13 heavy (non-hydrogen) atoms. The average Bonchev–Trinajstić information content (AvgIpc) is 2.08. The molecule has 0 fully saturated rings. The summed E-state index contributed by atoms with van der Waals surface area (Å²) in [5, 5.41) is 9.54. The highest BCUT2D eigenvalue weighted by atomic mass is 79.9. The summed E-state index contributed by atoms with van der Waals surface area (Å²) in [6, 6.07) is 3.99. The van der Waals surface area contributed by atoms with Crippen molar-refractivity contribution >= 4 is 15.9 Å². The molecular weight excluding hydrogens is 237 g/mol. The second-order valence-electron chi connectivity index (χ2n) is 2.98. The van der Waals surface area contributed by atoms with Crippen LogP contribution in [0.15, 0.2) is 22.7 Å². The van der Waals surface area contributed by atoms with E-state index in [0.29, 0.717) is 10.0 Å². The molecule has 0 aliphatic carbocycles. The zero-order valence-electron chi connectivity index (χ0n) is 7.17. The average molecular weight is 248 g/mol. The summed E-state index contributed by atoms with van der Waals surface area (Å²) in [5.41, 5.74) is 6.11. The number of hydrogen-bond acceptors (Lipinski definition) is 2. The van der Waals surface area contributed by atoms with E-state index in [9.17, 15) is 9.50 Å². The lowest BCUT2D eigenvalue weighted by Gasteiger charge is -2.14. The molecule has 1 aromatic rings. The third-order valence-corrected chi connectivity index (χ3v) is 2.39. The van der Waals surface area contributed by atoms with Crippen LogP contribution < -0.4 is 5.73 Å². The van der Waals surface area contributed by atoms with Gasteiger partial charge in [-0.1, -0.05) is 6.07 Å². The Labute approximate surface area is 84.7 Å². The van der Waals surface area contributed by atoms with Gasteiger partial charge in [0.15, 0.2) is 0 Å². The van der Waals surface area contributed by atoms with Gasteiger partial charge < -0.3 is 10.8 Å². The maximum Gasteiger partial charge on any atom is 0.137 e. The summed E-state index contributed by atoms with van der Waals surface area (Å²) in [4.78, 5) is 0. The fraction of sp³-hybridized carbons (Fsp3) is 0.333. The van der Waals surface area contributed by atoms with Gasteiger partial charge in [0.05, 0.1) is 10.6 Å². The number of halogens is 2. The number of nitrogens with two attached hydrogens (primary N) is 1. The number of rotatable bonds is 2. The first-order valence-electron chi connectivity index (χ1n) is 3.91. The van der Waals surface area contributed by atoms with Crippen molar-refractivity contribution in [1.82, 2.24) is 0 Å². The fourth-order valence-corrected chi connectivity index (χ4v) is 1.40. The van der Waals surface area contributed by atoms with E-state index in [1.165, 1.54) is 18.2 Å². The van der Waals surface area contributed by atoms with Crippen LogP contribution >= 0.6 is 15.9 Å². The highest BCUT2D eigenvalue weighted by molar-refractivity contribution is 9.10. The Bertz CT molecular complexity index is 304. The maximum absolute atomic E-state index is 12.8. The number of hydrogen-bond donors (Lipinski definition) is 2. The molecule has 0 aliphatic rings. The normalized spacial score (nSPS) is 15.5. The molecular formula is C9H11BrFNO. The predicted molar refractivity (Wildman–Crippen MR) is 52.7 cm³/mol. The quantitative estimate of drug-likeness (QED) is 0.840. The first-order valence-corrected chi connectivity index (χ1v) is 4.70. The second kappa shape index (κ2) is 4.17. The lowest BCUT2D eigenvalue weighted by atomic mass is 10.0. The molecule has 0 spiro atoms. The van der Waals surface area contributed by atoms with Crippen molar-refractivity contribution in [2.45, 2.75) is 19.1 Å². The van der Waals surface area contributed by atoms with E-state index >= 15 is 0 Å². The van der Waals surface area contributed by atoms with Gasteiger partial charge in [-0.25, -0.2) is 4.39 Å². The molecule has 3 N–H and O–H groups in total. The highest BCUT2D eigenvalue weighted by Gasteiger charge is 2.13. The Balaban J connectivity index is 2.97. The molecule has 0 amide bonds. The number of aliphatic hydroxyl groups is 1. The summed E-state index contributed by atoms with van der Waals surface area (Å²) >= 11 is 3.04. The molecule has 0 saturated carbocycles. The molecule has 1 rings (SSSR count). The van der Waals surface area contributed by atoms with E-state index in [1.807, 2.05) is 0 Å². The Morgan fingerprint density at radius 3 is 2.62 bits per heavy atom. The highest BCUT2D eigenvalue weighted by Crippen LogP contribution is 2.22. The van der Waals surface area contributed by atoms with Gasteiger partial charge in [0.1, 0.15) is 5.82 Å². The van der Waals surface area contributed by atoms with E-state index in [-0.39, 0.29) is 11.9 Å². The van der Waals surface area contributed by atoms with E-state index in [0.717, 1.165) is 0 Å². The smallest absolute Gasteiger partial charge is 0.137 e. The van der Waals surface area contributed by atoms with Crippen LogP contribution in [0.2, 0.25) is 0 Å². The molecule has 0 radical (unpaired) electrons. The van der Waals surface area contributed by atoms with Crippen molar-refractivity contribution < 1.29 is 9.50 Å². The molecule has 2 nitrogen and oxygen atoms in total. The number of aliphatic hydroxyl groups excluding tert-OH is 1. The first-order chi connectivity index (χ1) is 6.02. The first kappa shape index (κ1) is 10.6. The van der Waals surface area contributed by atoms with Crippen LogP contribution in [0.4, 0.5) is 4.39 Å². The van der Waals surface area contributed by atoms with Crippen LogP contribution in [-0.2, 0) is 0 Å². The lowest BCUT2D eigenvalue weighted by molar-refractivity contribution is 0.153. The predicted octanol–water partition coefficient (Wildman–Crippen LogP) is 1.97. The van der Waals surface area contributed by atoms with Gasteiger partial charge in [-0.3, -0.25) is 0 Å². The topological polar surface area (TPSA) is 46.2 Å². The van der Waals surface area contributed by atoms with Crippen LogP contribution in [-0.4, -0.2) is 11.1 Å². The van der Waals surface area contributed by atoms with Gasteiger partial charge in [0.2, 0.25) is 0 Å². The standard InChI is InChI=1S/C9H11BrFNO/c1-5(12)9(13)6-2-3-8(11)7(10)4-6/h2-5,9,13H,12H2,1H3. The molecule has 0 aromatic heterocycles. The molecule has 1 aromatic carbocycles. The number of benzene rings is 1. The lowest BCUT2D eigenvalue weighted by Crippen LogP contribution is -2.24. The Morgan fingerprint density at radius 1 is 1.54 bits per heavy atom. The molecule has 0 saturated heterocycles. The SMILES string of the molecule is CC(N)C(O)c1ccc(F)c(Br)c1. The van der Waals surface area contributed by atoms with Crippen molar-refractivity contribution in [3.8, 4) is 0 Å². The monoisotopic (exact) mass is 247 g/mol. The van der Waals surface area contributed by atoms with E-state index in [1.54, 1.807) is 6.92 Å². The van der Waals surface area contributed by atoms with E-state index < -0.39 is 6.10 Å². The zero-order chi connectivity index (χ0) is 10.0. The third-order valence-electron chi connectivity index (χ3n) is 1.78. The minimum Gasteiger partial charge on any atom is -0.387 e. The maximum atomic E-state index is 12.8. The molecule has 0 heterocycles. The summed E-state index contributed by atoms with van der Waals surface area (Å²) < 4.78 is 13.1. The summed E-state index contributed by atoms with van der Waals surface area (Å²) in [7, 11) is 0. The fourth-order valence-electron chi connectivity index (χ4n) is 1.000. The molecule has 72 valence electrons.